The van der Waals surface area contributed by atoms with Crippen LogP contribution in [0.5, 0.6) is 0 Å². The molecular formula is C8H15NO. The first-order valence-corrected chi connectivity index (χ1v) is 4.29. The summed E-state index contributed by atoms with van der Waals surface area (Å²) in [5.74, 6) is 0.801. The van der Waals surface area contributed by atoms with E-state index in [1.165, 1.54) is 12.8 Å². The zero-order chi connectivity index (χ0) is 6.97. The van der Waals surface area contributed by atoms with E-state index in [0.717, 1.165) is 25.3 Å². The van der Waals surface area contributed by atoms with Crippen LogP contribution in [0.25, 0.3) is 0 Å². The van der Waals surface area contributed by atoms with Crippen LogP contribution in [0.1, 0.15) is 25.7 Å². The van der Waals surface area contributed by atoms with Gasteiger partial charge in [-0.05, 0) is 38.1 Å². The van der Waals surface area contributed by atoms with Gasteiger partial charge in [-0.25, -0.2) is 0 Å². The van der Waals surface area contributed by atoms with Crippen LogP contribution < -0.4 is 5.32 Å². The second-order valence-corrected chi connectivity index (χ2v) is 3.53. The van der Waals surface area contributed by atoms with Crippen molar-refractivity contribution in [3.63, 3.8) is 0 Å². The Bertz CT molecular complexity index is 122. The number of rotatable bonds is 1. The fourth-order valence-electron chi connectivity index (χ4n) is 1.83. The van der Waals surface area contributed by atoms with Gasteiger partial charge in [-0.15, -0.1) is 0 Å². The van der Waals surface area contributed by atoms with Gasteiger partial charge in [0.05, 0.1) is 6.10 Å². The summed E-state index contributed by atoms with van der Waals surface area (Å²) >= 11 is 0. The Labute approximate surface area is 61.6 Å². The van der Waals surface area contributed by atoms with Gasteiger partial charge in [-0.2, -0.15) is 0 Å². The van der Waals surface area contributed by atoms with Crippen molar-refractivity contribution in [2.24, 2.45) is 5.92 Å². The first kappa shape index (κ1) is 6.62. The predicted molar refractivity (Wildman–Crippen MR) is 39.8 cm³/mol. The van der Waals surface area contributed by atoms with E-state index in [1.807, 2.05) is 0 Å². The molecule has 2 nitrogen and oxygen atoms in total. The molecule has 0 amide bonds. The third-order valence-corrected chi connectivity index (χ3v) is 2.60. The van der Waals surface area contributed by atoms with Crippen LogP contribution >= 0.6 is 0 Å². The lowest BCUT2D eigenvalue weighted by molar-refractivity contribution is 0.0867. The van der Waals surface area contributed by atoms with E-state index in [9.17, 15) is 5.11 Å². The number of hydrogen-bond acceptors (Lipinski definition) is 2. The molecule has 0 radical (unpaired) electrons. The average molecular weight is 141 g/mol. The molecule has 2 N–H and O–H groups in total. The monoisotopic (exact) mass is 141 g/mol. The molecule has 2 rings (SSSR count). The van der Waals surface area contributed by atoms with Gasteiger partial charge in [0, 0.05) is 6.04 Å². The highest BCUT2D eigenvalue weighted by atomic mass is 16.3. The summed E-state index contributed by atoms with van der Waals surface area (Å²) in [5.41, 5.74) is 0. The molecule has 1 aliphatic heterocycles. The van der Waals surface area contributed by atoms with E-state index in [4.69, 9.17) is 0 Å². The molecule has 0 aromatic rings. The predicted octanol–water partition coefficient (Wildman–Crippen LogP) is 0.509. The lowest BCUT2D eigenvalue weighted by atomic mass is 9.98. The van der Waals surface area contributed by atoms with Crippen LogP contribution in [-0.2, 0) is 0 Å². The third-order valence-electron chi connectivity index (χ3n) is 2.60. The van der Waals surface area contributed by atoms with Crippen molar-refractivity contribution in [3.8, 4) is 0 Å². The summed E-state index contributed by atoms with van der Waals surface area (Å²) in [6.07, 6.45) is 4.75. The first-order valence-electron chi connectivity index (χ1n) is 4.29. The van der Waals surface area contributed by atoms with Gasteiger partial charge in [0.1, 0.15) is 0 Å². The van der Waals surface area contributed by atoms with Gasteiger partial charge in [0.25, 0.3) is 0 Å². The van der Waals surface area contributed by atoms with Crippen molar-refractivity contribution in [1.82, 2.24) is 5.32 Å². The summed E-state index contributed by atoms with van der Waals surface area (Å²) in [5, 5.41) is 12.9. The lowest BCUT2D eigenvalue weighted by Crippen LogP contribution is -2.46. The number of aliphatic hydroxyl groups is 1. The van der Waals surface area contributed by atoms with Gasteiger partial charge in [-0.3, -0.25) is 0 Å². The molecule has 1 saturated heterocycles. The van der Waals surface area contributed by atoms with Gasteiger partial charge in [0.2, 0.25) is 0 Å². The summed E-state index contributed by atoms with van der Waals surface area (Å²) in [4.78, 5) is 0. The maximum absolute atomic E-state index is 9.52. The summed E-state index contributed by atoms with van der Waals surface area (Å²) in [7, 11) is 0. The van der Waals surface area contributed by atoms with Gasteiger partial charge in [0.15, 0.2) is 0 Å². The molecule has 1 aliphatic carbocycles. The van der Waals surface area contributed by atoms with Crippen molar-refractivity contribution in [2.45, 2.75) is 37.8 Å². The molecule has 58 valence electrons. The Morgan fingerprint density at radius 1 is 1.20 bits per heavy atom. The summed E-state index contributed by atoms with van der Waals surface area (Å²) in [6.45, 7) is 1.11. The Balaban J connectivity index is 1.90. The highest BCUT2D eigenvalue weighted by Gasteiger charge is 2.36. The molecule has 2 heteroatoms. The molecule has 1 saturated carbocycles. The second kappa shape index (κ2) is 2.51. The topological polar surface area (TPSA) is 32.3 Å². The van der Waals surface area contributed by atoms with Crippen LogP contribution in [0.2, 0.25) is 0 Å². The molecule has 2 fully saturated rings. The zero-order valence-electron chi connectivity index (χ0n) is 6.21. The molecule has 0 aromatic heterocycles. The number of piperidine rings is 1. The molecule has 2 aliphatic rings. The molecule has 1 heterocycles. The first-order chi connectivity index (χ1) is 4.88. The van der Waals surface area contributed by atoms with Crippen molar-refractivity contribution >= 4 is 0 Å². The van der Waals surface area contributed by atoms with Gasteiger partial charge >= 0.3 is 0 Å². The second-order valence-electron chi connectivity index (χ2n) is 3.53. The lowest BCUT2D eigenvalue weighted by Gasteiger charge is -2.28. The minimum absolute atomic E-state index is 0.0544. The molecule has 0 aromatic carbocycles. The van der Waals surface area contributed by atoms with Gasteiger partial charge < -0.3 is 10.4 Å². The standard InChI is InChI=1S/C8H15NO/c10-7-2-1-5-9-8(7)6-3-4-6/h6-10H,1-5H2. The fraction of sp³-hybridized carbons (Fsp3) is 1.00. The minimum atomic E-state index is -0.0544. The highest BCUT2D eigenvalue weighted by Crippen LogP contribution is 2.35. The quantitative estimate of drug-likeness (QED) is 0.557. The van der Waals surface area contributed by atoms with Crippen molar-refractivity contribution in [2.75, 3.05) is 6.54 Å². The Kier molecular flexibility index (Phi) is 1.66. The highest BCUT2D eigenvalue weighted by molar-refractivity contribution is 4.92. The number of aliphatic hydroxyl groups excluding tert-OH is 1. The van der Waals surface area contributed by atoms with Crippen molar-refractivity contribution in [1.29, 1.82) is 0 Å². The van der Waals surface area contributed by atoms with Crippen molar-refractivity contribution < 1.29 is 5.11 Å². The van der Waals surface area contributed by atoms with Crippen LogP contribution in [0.3, 0.4) is 0 Å². The van der Waals surface area contributed by atoms with E-state index in [0.29, 0.717) is 6.04 Å². The van der Waals surface area contributed by atoms with Crippen LogP contribution in [-0.4, -0.2) is 23.8 Å². The zero-order valence-corrected chi connectivity index (χ0v) is 6.21. The van der Waals surface area contributed by atoms with Crippen LogP contribution in [0.4, 0.5) is 0 Å². The van der Waals surface area contributed by atoms with Crippen LogP contribution in [0, 0.1) is 5.92 Å². The van der Waals surface area contributed by atoms with Crippen molar-refractivity contribution in [3.05, 3.63) is 0 Å². The third kappa shape index (κ3) is 1.18. The smallest absolute Gasteiger partial charge is 0.0696 e. The van der Waals surface area contributed by atoms with E-state index in [2.05, 4.69) is 5.32 Å². The van der Waals surface area contributed by atoms with E-state index >= 15 is 0 Å². The maximum atomic E-state index is 9.52. The molecular weight excluding hydrogens is 126 g/mol. The van der Waals surface area contributed by atoms with Gasteiger partial charge in [-0.1, -0.05) is 0 Å². The van der Waals surface area contributed by atoms with E-state index in [1.54, 1.807) is 0 Å². The molecule has 0 spiro atoms. The molecule has 2 atom stereocenters. The molecule has 2 unspecified atom stereocenters. The SMILES string of the molecule is OC1CCCNC1C1CC1. The Morgan fingerprint density at radius 3 is 2.60 bits per heavy atom. The molecule has 10 heavy (non-hydrogen) atoms. The van der Waals surface area contributed by atoms with Crippen LogP contribution in [0.15, 0.2) is 0 Å². The number of hydrogen-bond donors (Lipinski definition) is 2. The largest absolute Gasteiger partial charge is 0.391 e. The van der Waals surface area contributed by atoms with E-state index in [-0.39, 0.29) is 6.10 Å². The normalized spacial score (nSPS) is 41.7. The minimum Gasteiger partial charge on any atom is -0.391 e. The summed E-state index contributed by atoms with van der Waals surface area (Å²) < 4.78 is 0. The average Bonchev–Trinajstić information content (AvgIpc) is 2.71. The maximum Gasteiger partial charge on any atom is 0.0696 e. The molecule has 0 bridgehead atoms. The van der Waals surface area contributed by atoms with E-state index < -0.39 is 0 Å². The fourth-order valence-corrected chi connectivity index (χ4v) is 1.83. The Hall–Kier alpha value is -0.0800. The summed E-state index contributed by atoms with van der Waals surface area (Å²) in [6, 6.07) is 0.439. The Morgan fingerprint density at radius 2 is 2.00 bits per heavy atom. The number of nitrogens with one attached hydrogen (secondary N) is 1.